The number of carboxylic acids is 4. The largest absolute Gasteiger partial charge is 2.00 e. The van der Waals surface area contributed by atoms with Crippen LogP contribution in [0.2, 0.25) is 0 Å². The van der Waals surface area contributed by atoms with Crippen LogP contribution in [0.1, 0.15) is 83.0 Å². The van der Waals surface area contributed by atoms with Gasteiger partial charge in [-0.05, 0) is 119 Å². The summed E-state index contributed by atoms with van der Waals surface area (Å²) in [5.74, 6) is -2.16. The number of methoxy groups -OCH3 is 4. The van der Waals surface area contributed by atoms with Gasteiger partial charge in [0.15, 0.2) is 0 Å². The van der Waals surface area contributed by atoms with Crippen molar-refractivity contribution in [2.45, 2.75) is 41.5 Å². The number of nitrogens with zero attached hydrogens (tertiary/aromatic N) is 6. The van der Waals surface area contributed by atoms with Gasteiger partial charge in [0.1, 0.15) is 23.0 Å². The molecule has 0 heterocycles. The van der Waals surface area contributed by atoms with Gasteiger partial charge in [-0.25, -0.2) is 0 Å². The standard InChI is InChI=1S/4C8H8O3.6C2H3N.2Cu/c4*1-11-7-4-2-6(3-5-7)8(9)10;6*1-2-3;;/h4*2-5H,1H3,(H,9,10);6*1H3;;/q;;;;;;;;;;2*+2/p-4. The van der Waals surface area contributed by atoms with Crippen LogP contribution < -0.4 is 39.4 Å². The SMILES string of the molecule is CC#N.CC#N.CC#N.CC#N.CC#N.CC#N.COc1ccc(C(=O)[O-])cc1.COc1ccc(C(=O)[O-])cc1.COc1ccc(C(=O)[O-])cc1.COc1ccc(C(=O)[O-])cc1.[Cu+2].[Cu+2]. The first-order valence-electron chi connectivity index (χ1n) is 16.7. The van der Waals surface area contributed by atoms with Crippen LogP contribution in [0.4, 0.5) is 0 Å². The molecule has 4 rings (SSSR count). The van der Waals surface area contributed by atoms with Gasteiger partial charge in [-0.2, -0.15) is 31.6 Å². The maximum Gasteiger partial charge on any atom is 2.00 e. The van der Waals surface area contributed by atoms with Crippen molar-refractivity contribution in [1.29, 1.82) is 31.6 Å². The molecule has 346 valence electrons. The van der Waals surface area contributed by atoms with E-state index in [1.54, 1.807) is 84.9 Å². The Labute approximate surface area is 395 Å². The topological polar surface area (TPSA) is 340 Å². The van der Waals surface area contributed by atoms with Crippen molar-refractivity contribution in [3.63, 3.8) is 0 Å². The third-order valence-corrected chi connectivity index (χ3v) is 5.30. The molecule has 0 aromatic heterocycles. The van der Waals surface area contributed by atoms with Gasteiger partial charge < -0.3 is 58.6 Å². The van der Waals surface area contributed by atoms with E-state index in [-0.39, 0.29) is 56.4 Å². The van der Waals surface area contributed by atoms with Gasteiger partial charge in [-0.1, -0.05) is 0 Å². The number of carbonyl (C=O) groups is 4. The maximum atomic E-state index is 10.2. The van der Waals surface area contributed by atoms with Crippen molar-refractivity contribution in [3.8, 4) is 59.4 Å². The first-order valence-corrected chi connectivity index (χ1v) is 16.7. The fourth-order valence-electron chi connectivity index (χ4n) is 2.91. The Balaban J connectivity index is -0.0000000958. The Hall–Kier alpha value is -8.06. The van der Waals surface area contributed by atoms with E-state index in [2.05, 4.69) is 0 Å². The van der Waals surface area contributed by atoms with Crippen molar-refractivity contribution in [2.24, 2.45) is 0 Å². The molecule has 0 bridgehead atoms. The number of carboxylic acid groups (broad SMARTS) is 4. The van der Waals surface area contributed by atoms with E-state index < -0.39 is 23.9 Å². The molecule has 0 aliphatic carbocycles. The summed E-state index contributed by atoms with van der Waals surface area (Å²) in [4.78, 5) is 41.0. The predicted octanol–water partition coefficient (Wildman–Crippen LogP) is 3.41. The molecule has 0 atom stereocenters. The summed E-state index contributed by atoms with van der Waals surface area (Å²) >= 11 is 0. The van der Waals surface area contributed by atoms with E-state index in [4.69, 9.17) is 50.5 Å². The number of carbonyl (C=O) groups excluding carboxylic acids is 4. The van der Waals surface area contributed by atoms with Crippen LogP contribution >= 0.6 is 0 Å². The fourth-order valence-corrected chi connectivity index (χ4v) is 2.91. The second-order valence-corrected chi connectivity index (χ2v) is 9.41. The van der Waals surface area contributed by atoms with Gasteiger partial charge in [0.05, 0.1) is 88.7 Å². The van der Waals surface area contributed by atoms with Crippen molar-refractivity contribution in [1.82, 2.24) is 0 Å². The van der Waals surface area contributed by atoms with Crippen molar-refractivity contribution in [3.05, 3.63) is 119 Å². The van der Waals surface area contributed by atoms with Crippen LogP contribution in [0, 0.1) is 68.0 Å². The van der Waals surface area contributed by atoms with Crippen molar-refractivity contribution < 1.29 is 92.7 Å². The summed E-state index contributed by atoms with van der Waals surface area (Å²) in [7, 11) is 6.09. The van der Waals surface area contributed by atoms with Gasteiger partial charge in [0.25, 0.3) is 0 Å². The molecule has 0 saturated carbocycles. The fraction of sp³-hybridized carbons (Fsp3) is 0.227. The van der Waals surface area contributed by atoms with Crippen molar-refractivity contribution in [2.75, 3.05) is 28.4 Å². The summed E-state index contributed by atoms with van der Waals surface area (Å²) < 4.78 is 19.3. The second kappa shape index (κ2) is 54.9. The van der Waals surface area contributed by atoms with Crippen LogP contribution in [-0.4, -0.2) is 52.3 Å². The number of nitriles is 6. The zero-order valence-corrected chi connectivity index (χ0v) is 38.3. The minimum atomic E-state index is -1.17. The van der Waals surface area contributed by atoms with E-state index in [0.29, 0.717) is 23.0 Å². The van der Waals surface area contributed by atoms with Gasteiger partial charge in [-0.15, -0.1) is 0 Å². The van der Waals surface area contributed by atoms with Gasteiger partial charge in [0.2, 0.25) is 0 Å². The van der Waals surface area contributed by atoms with E-state index in [0.717, 1.165) is 0 Å². The minimum absolute atomic E-state index is 0. The predicted molar refractivity (Wildman–Crippen MR) is 217 cm³/mol. The molecule has 0 aliphatic rings. The molecule has 20 heteroatoms. The summed E-state index contributed by atoms with van der Waals surface area (Å²) in [5, 5.41) is 84.9. The molecule has 18 nitrogen and oxygen atoms in total. The number of hydrogen-bond donors (Lipinski definition) is 0. The minimum Gasteiger partial charge on any atom is -0.545 e. The van der Waals surface area contributed by atoms with Crippen molar-refractivity contribution >= 4 is 23.9 Å². The molecule has 0 amide bonds. The summed E-state index contributed by atoms with van der Waals surface area (Å²) in [6, 6.07) is 34.6. The second-order valence-electron chi connectivity index (χ2n) is 9.41. The summed E-state index contributed by atoms with van der Waals surface area (Å²) in [6.45, 7) is 8.58. The quantitative estimate of drug-likeness (QED) is 0.228. The Morgan fingerprint density at radius 3 is 0.484 bits per heavy atom. The van der Waals surface area contributed by atoms with Gasteiger partial charge in [-0.3, -0.25) is 0 Å². The number of rotatable bonds is 8. The zero-order chi connectivity index (χ0) is 49.3. The molecule has 4 aromatic rings. The Bertz CT molecular complexity index is 1740. The molecule has 0 spiro atoms. The van der Waals surface area contributed by atoms with Crippen LogP contribution in [0.5, 0.6) is 23.0 Å². The maximum absolute atomic E-state index is 10.2. The van der Waals surface area contributed by atoms with Gasteiger partial charge >= 0.3 is 34.1 Å². The number of hydrogen-bond acceptors (Lipinski definition) is 18. The number of benzene rings is 4. The average Bonchev–Trinajstić information content (AvgIpc) is 3.26. The molecule has 0 aliphatic heterocycles. The first kappa shape index (κ1) is 73.5. The van der Waals surface area contributed by atoms with Gasteiger partial charge in [0, 0.05) is 41.5 Å². The smallest absolute Gasteiger partial charge is 0.545 e. The van der Waals surface area contributed by atoms with Crippen LogP contribution in [-0.2, 0) is 34.1 Å². The Kier molecular flexibility index (Phi) is 63.1. The molecule has 4 aromatic carbocycles. The summed E-state index contributed by atoms with van der Waals surface area (Å²) in [5.41, 5.74) is 0.633. The Morgan fingerprint density at radius 1 is 0.328 bits per heavy atom. The third-order valence-electron chi connectivity index (χ3n) is 5.30. The van der Waals surface area contributed by atoms with Crippen LogP contribution in [0.15, 0.2) is 97.1 Å². The van der Waals surface area contributed by atoms with E-state index in [1.165, 1.54) is 119 Å². The monoisotopic (exact) mass is 976 g/mol. The van der Waals surface area contributed by atoms with E-state index >= 15 is 0 Å². The van der Waals surface area contributed by atoms with E-state index in [9.17, 15) is 39.6 Å². The number of ether oxygens (including phenoxy) is 4. The molecule has 0 fully saturated rings. The average molecular weight is 978 g/mol. The van der Waals surface area contributed by atoms with Crippen LogP contribution in [0.25, 0.3) is 0 Å². The molecular weight excluding hydrogens is 932 g/mol. The molecule has 2 radical (unpaired) electrons. The van der Waals surface area contributed by atoms with E-state index in [1.807, 2.05) is 0 Å². The normalized spacial score (nSPS) is 7.06. The molecule has 64 heavy (non-hydrogen) atoms. The molecule has 0 saturated heterocycles. The molecular formula is C44H46Cu2N6O12. The molecule has 0 unspecified atom stereocenters. The molecule has 0 N–H and O–H groups in total. The first-order chi connectivity index (χ1) is 29.4. The zero-order valence-electron chi connectivity index (χ0n) is 36.4. The summed E-state index contributed by atoms with van der Waals surface area (Å²) in [6.07, 6.45) is 0. The van der Waals surface area contributed by atoms with Crippen LogP contribution in [0.3, 0.4) is 0 Å². The number of aromatic carboxylic acids is 4. The Morgan fingerprint density at radius 2 is 0.422 bits per heavy atom. The third kappa shape index (κ3) is 48.3.